The van der Waals surface area contributed by atoms with Crippen LogP contribution in [0.3, 0.4) is 0 Å². The third-order valence-electron chi connectivity index (χ3n) is 6.03. The number of amides is 2. The van der Waals surface area contributed by atoms with Crippen LogP contribution in [0, 0.1) is 11.8 Å². The van der Waals surface area contributed by atoms with Gasteiger partial charge in [0.05, 0.1) is 29.2 Å². The molecule has 0 N–H and O–H groups in total. The van der Waals surface area contributed by atoms with Crippen LogP contribution in [-0.2, 0) is 22.4 Å². The minimum absolute atomic E-state index is 0.0235. The Morgan fingerprint density at radius 2 is 1.39 bits per heavy atom. The van der Waals surface area contributed by atoms with Crippen molar-refractivity contribution in [3.8, 4) is 21.1 Å². The lowest BCUT2D eigenvalue weighted by atomic mass is 9.76. The van der Waals surface area contributed by atoms with Gasteiger partial charge in [-0.3, -0.25) is 14.5 Å². The van der Waals surface area contributed by atoms with Gasteiger partial charge in [0.1, 0.15) is 11.4 Å². The standard InChI is InChI=1S/C22H19Br2N3O2S2/c1-2-3-8-27-21(28)13-9-11-12(10-14(13)22(27)29)20(16-5-7-18(24)31-16)26-25-19(11)15-4-6-17(23)30-15/h4-7,13-14H,2-3,8-10H2,1H3. The van der Waals surface area contributed by atoms with Crippen molar-refractivity contribution in [3.05, 3.63) is 43.0 Å². The summed E-state index contributed by atoms with van der Waals surface area (Å²) in [5.74, 6) is -0.647. The molecule has 2 atom stereocenters. The molecule has 0 spiro atoms. The highest BCUT2D eigenvalue weighted by molar-refractivity contribution is 9.11. The molecular formula is C22H19Br2N3O2S2. The van der Waals surface area contributed by atoms with E-state index in [0.717, 1.165) is 52.7 Å². The van der Waals surface area contributed by atoms with Crippen molar-refractivity contribution < 1.29 is 9.59 Å². The molecule has 5 rings (SSSR count). The van der Waals surface area contributed by atoms with E-state index in [2.05, 4.69) is 49.0 Å². The molecule has 3 aromatic heterocycles. The number of carbonyl (C=O) groups is 2. The summed E-state index contributed by atoms with van der Waals surface area (Å²) in [7, 11) is 0. The summed E-state index contributed by atoms with van der Waals surface area (Å²) in [6.07, 6.45) is 2.87. The lowest BCUT2D eigenvalue weighted by Gasteiger charge is -2.26. The van der Waals surface area contributed by atoms with Crippen LogP contribution in [0.1, 0.15) is 30.9 Å². The van der Waals surface area contributed by atoms with Gasteiger partial charge in [0.15, 0.2) is 0 Å². The molecule has 0 radical (unpaired) electrons. The molecule has 1 aliphatic carbocycles. The molecule has 0 saturated carbocycles. The topological polar surface area (TPSA) is 63.2 Å². The fraction of sp³-hybridized carbons (Fsp3) is 0.364. The fourth-order valence-corrected chi connectivity index (χ4v) is 7.31. The summed E-state index contributed by atoms with van der Waals surface area (Å²) < 4.78 is 2.05. The zero-order chi connectivity index (χ0) is 21.7. The zero-order valence-electron chi connectivity index (χ0n) is 16.7. The van der Waals surface area contributed by atoms with E-state index >= 15 is 0 Å². The largest absolute Gasteiger partial charge is 0.282 e. The minimum Gasteiger partial charge on any atom is -0.282 e. The highest BCUT2D eigenvalue weighted by Crippen LogP contribution is 2.45. The third-order valence-corrected chi connectivity index (χ3v) is 9.30. The molecule has 4 heterocycles. The highest BCUT2D eigenvalue weighted by Gasteiger charge is 2.50. The van der Waals surface area contributed by atoms with Crippen LogP contribution in [0.5, 0.6) is 0 Å². The summed E-state index contributed by atoms with van der Waals surface area (Å²) in [5, 5.41) is 9.22. The van der Waals surface area contributed by atoms with Crippen molar-refractivity contribution in [1.29, 1.82) is 0 Å². The highest BCUT2D eigenvalue weighted by atomic mass is 79.9. The van der Waals surface area contributed by atoms with E-state index in [1.165, 1.54) is 4.90 Å². The van der Waals surface area contributed by atoms with Gasteiger partial charge in [-0.1, -0.05) is 13.3 Å². The Labute approximate surface area is 205 Å². The van der Waals surface area contributed by atoms with Crippen molar-refractivity contribution in [2.24, 2.45) is 11.8 Å². The molecule has 0 bridgehead atoms. The lowest BCUT2D eigenvalue weighted by molar-refractivity contribution is -0.139. The normalized spacial score (nSPS) is 20.3. The summed E-state index contributed by atoms with van der Waals surface area (Å²) in [4.78, 5) is 29.8. The minimum atomic E-state index is -0.300. The third kappa shape index (κ3) is 3.73. The first-order valence-electron chi connectivity index (χ1n) is 10.2. The van der Waals surface area contributed by atoms with Crippen molar-refractivity contribution in [1.82, 2.24) is 15.1 Å². The van der Waals surface area contributed by atoms with Crippen molar-refractivity contribution in [2.45, 2.75) is 32.6 Å². The molecule has 1 fully saturated rings. The number of halogens is 2. The van der Waals surface area contributed by atoms with Gasteiger partial charge in [-0.25, -0.2) is 0 Å². The molecule has 31 heavy (non-hydrogen) atoms. The van der Waals surface area contributed by atoms with E-state index in [0.29, 0.717) is 19.4 Å². The molecule has 2 aliphatic rings. The molecule has 2 unspecified atom stereocenters. The zero-order valence-corrected chi connectivity index (χ0v) is 21.5. The predicted molar refractivity (Wildman–Crippen MR) is 130 cm³/mol. The van der Waals surface area contributed by atoms with Gasteiger partial charge in [0, 0.05) is 6.54 Å². The van der Waals surface area contributed by atoms with E-state index in [9.17, 15) is 9.59 Å². The Kier molecular flexibility index (Phi) is 5.87. The smallest absolute Gasteiger partial charge is 0.233 e. The maximum absolute atomic E-state index is 13.1. The van der Waals surface area contributed by atoms with Gasteiger partial charge in [-0.05, 0) is 86.5 Å². The maximum atomic E-state index is 13.1. The lowest BCUT2D eigenvalue weighted by Crippen LogP contribution is -2.32. The molecule has 0 aromatic carbocycles. The van der Waals surface area contributed by atoms with Crippen LogP contribution in [0.4, 0.5) is 0 Å². The average molecular weight is 581 g/mol. The van der Waals surface area contributed by atoms with Crippen LogP contribution in [0.15, 0.2) is 31.8 Å². The van der Waals surface area contributed by atoms with Crippen LogP contribution >= 0.6 is 54.5 Å². The number of thiophene rings is 2. The Balaban J connectivity index is 1.62. The first-order valence-corrected chi connectivity index (χ1v) is 13.4. The maximum Gasteiger partial charge on any atom is 0.233 e. The number of nitrogens with zero attached hydrogens (tertiary/aromatic N) is 3. The Bertz CT molecular complexity index is 1100. The number of imide groups is 1. The van der Waals surface area contributed by atoms with Gasteiger partial charge in [0.2, 0.25) is 11.8 Å². The van der Waals surface area contributed by atoms with Crippen LogP contribution < -0.4 is 0 Å². The molecule has 1 saturated heterocycles. The molecular weight excluding hydrogens is 562 g/mol. The quantitative estimate of drug-likeness (QED) is 0.349. The molecule has 3 aromatic rings. The predicted octanol–water partition coefficient (Wildman–Crippen LogP) is 5.96. The van der Waals surface area contributed by atoms with Crippen LogP contribution in [-0.4, -0.2) is 33.5 Å². The second kappa shape index (κ2) is 8.50. The van der Waals surface area contributed by atoms with Gasteiger partial charge < -0.3 is 0 Å². The summed E-state index contributed by atoms with van der Waals surface area (Å²) >= 11 is 10.3. The van der Waals surface area contributed by atoms with Gasteiger partial charge in [-0.15, -0.1) is 32.9 Å². The van der Waals surface area contributed by atoms with Gasteiger partial charge in [-0.2, -0.15) is 0 Å². The van der Waals surface area contributed by atoms with E-state index in [1.807, 2.05) is 24.3 Å². The molecule has 160 valence electrons. The number of aromatic nitrogens is 2. The monoisotopic (exact) mass is 579 g/mol. The van der Waals surface area contributed by atoms with Gasteiger partial charge in [0.25, 0.3) is 0 Å². The van der Waals surface area contributed by atoms with Crippen LogP contribution in [0.25, 0.3) is 21.1 Å². The van der Waals surface area contributed by atoms with E-state index in [-0.39, 0.29) is 23.7 Å². The van der Waals surface area contributed by atoms with Crippen LogP contribution in [0.2, 0.25) is 0 Å². The summed E-state index contributed by atoms with van der Waals surface area (Å²) in [6, 6.07) is 8.06. The van der Waals surface area contributed by atoms with Gasteiger partial charge >= 0.3 is 0 Å². The van der Waals surface area contributed by atoms with E-state index < -0.39 is 0 Å². The SMILES string of the molecule is CCCCN1C(=O)C2Cc3c(-c4ccc(Br)s4)nnc(-c4ccc(Br)s4)c3CC2C1=O. The first-order chi connectivity index (χ1) is 15.0. The molecule has 2 amide bonds. The number of likely N-dealkylation sites (tertiary alicyclic amines) is 1. The number of rotatable bonds is 5. The van der Waals surface area contributed by atoms with Crippen molar-refractivity contribution in [2.75, 3.05) is 6.54 Å². The fourth-order valence-electron chi connectivity index (χ4n) is 4.51. The van der Waals surface area contributed by atoms with Crippen molar-refractivity contribution >= 4 is 66.3 Å². The Hall–Kier alpha value is -1.42. The van der Waals surface area contributed by atoms with Crippen molar-refractivity contribution in [3.63, 3.8) is 0 Å². The second-order valence-electron chi connectivity index (χ2n) is 7.86. The van der Waals surface area contributed by atoms with E-state index in [4.69, 9.17) is 0 Å². The number of fused-ring (bicyclic) bond motifs is 2. The molecule has 5 nitrogen and oxygen atoms in total. The Morgan fingerprint density at radius 3 is 1.77 bits per heavy atom. The number of hydrogen-bond donors (Lipinski definition) is 0. The average Bonchev–Trinajstić information content (AvgIpc) is 3.44. The molecule has 1 aliphatic heterocycles. The number of hydrogen-bond acceptors (Lipinski definition) is 6. The van der Waals surface area contributed by atoms with E-state index in [1.54, 1.807) is 22.7 Å². The second-order valence-corrected chi connectivity index (χ2v) is 12.8. The Morgan fingerprint density at radius 1 is 0.903 bits per heavy atom. The number of unbranched alkanes of at least 4 members (excludes halogenated alkanes) is 1. The summed E-state index contributed by atoms with van der Waals surface area (Å²) in [5.41, 5.74) is 3.78. The first kappa shape index (κ1) is 21.4. The number of carbonyl (C=O) groups excluding carboxylic acids is 2. The molecule has 9 heteroatoms. The summed E-state index contributed by atoms with van der Waals surface area (Å²) in [6.45, 7) is 2.59.